The number of benzene rings is 1. The molecule has 1 atom stereocenters. The van der Waals surface area contributed by atoms with Crippen LogP contribution in [0.1, 0.15) is 29.4 Å². The molecule has 1 saturated heterocycles. The number of hydrogen-bond acceptors (Lipinski definition) is 9. The lowest BCUT2D eigenvalue weighted by Crippen LogP contribution is -2.40. The Morgan fingerprint density at radius 3 is 2.77 bits per heavy atom. The van der Waals surface area contributed by atoms with Gasteiger partial charge in [0.05, 0.1) is 11.4 Å². The van der Waals surface area contributed by atoms with Crippen molar-refractivity contribution in [1.29, 1.82) is 0 Å². The minimum atomic E-state index is -0.457. The van der Waals surface area contributed by atoms with Gasteiger partial charge in [0.2, 0.25) is 5.91 Å². The number of anilines is 2. The normalized spacial score (nSPS) is 15.4. The SMILES string of the molecule is C=CC(=O)N1CCCC(n2nc(C(=O)Nc3ccc(Oc4ccn5ncnc5c4)cc3)c3c(N)ncnc32)C1. The standard InChI is InChI=1S/C26H24N10O3/c1-2-21(37)34-10-3-4-17(13-34)36-25-22(24(27)29-14-30-25)23(33-36)26(38)32-16-5-7-18(8-6-16)39-19-9-11-35-20(12-19)28-15-31-35/h2,5-9,11-12,14-15,17H,1,3-4,10,13H2,(H,32,38)(H2,27,29,30). The van der Waals surface area contributed by atoms with Crippen LogP contribution in [0.5, 0.6) is 11.5 Å². The highest BCUT2D eigenvalue weighted by Crippen LogP contribution is 2.29. The molecule has 0 radical (unpaired) electrons. The Morgan fingerprint density at radius 1 is 1.10 bits per heavy atom. The van der Waals surface area contributed by atoms with Gasteiger partial charge in [0.25, 0.3) is 5.91 Å². The molecule has 0 aliphatic carbocycles. The van der Waals surface area contributed by atoms with Crippen molar-refractivity contribution in [1.82, 2.24) is 39.2 Å². The summed E-state index contributed by atoms with van der Waals surface area (Å²) in [5.41, 5.74) is 7.92. The Labute approximate surface area is 221 Å². The Balaban J connectivity index is 1.22. The first-order valence-electron chi connectivity index (χ1n) is 12.3. The Kier molecular flexibility index (Phi) is 6.07. The number of nitrogens with two attached hydrogens (primary N) is 1. The zero-order valence-corrected chi connectivity index (χ0v) is 20.8. The summed E-state index contributed by atoms with van der Waals surface area (Å²) in [6, 6.07) is 10.3. The molecule has 1 aliphatic heterocycles. The van der Waals surface area contributed by atoms with E-state index < -0.39 is 5.91 Å². The van der Waals surface area contributed by atoms with Crippen LogP contribution in [0.4, 0.5) is 11.5 Å². The molecule has 5 heterocycles. The van der Waals surface area contributed by atoms with Gasteiger partial charge in [-0.15, -0.1) is 0 Å². The molecular formula is C26H24N10O3. The molecule has 4 aromatic heterocycles. The number of nitrogens with zero attached hydrogens (tertiary/aromatic N) is 8. The van der Waals surface area contributed by atoms with Crippen LogP contribution in [-0.4, -0.2) is 64.2 Å². The van der Waals surface area contributed by atoms with Crippen molar-refractivity contribution in [3.8, 4) is 11.5 Å². The molecule has 0 saturated carbocycles. The van der Waals surface area contributed by atoms with E-state index in [4.69, 9.17) is 10.5 Å². The van der Waals surface area contributed by atoms with Crippen molar-refractivity contribution in [2.45, 2.75) is 18.9 Å². The van der Waals surface area contributed by atoms with Gasteiger partial charge in [-0.3, -0.25) is 9.59 Å². The van der Waals surface area contributed by atoms with Crippen LogP contribution >= 0.6 is 0 Å². The predicted molar refractivity (Wildman–Crippen MR) is 142 cm³/mol. The van der Waals surface area contributed by atoms with Gasteiger partial charge in [0.15, 0.2) is 17.0 Å². The molecule has 0 bridgehead atoms. The van der Waals surface area contributed by atoms with Gasteiger partial charge >= 0.3 is 0 Å². The largest absolute Gasteiger partial charge is 0.457 e. The van der Waals surface area contributed by atoms with Crippen molar-refractivity contribution in [3.63, 3.8) is 0 Å². The molecular weight excluding hydrogens is 500 g/mol. The fraction of sp³-hybridized carbons (Fsp3) is 0.192. The van der Waals surface area contributed by atoms with E-state index in [-0.39, 0.29) is 23.5 Å². The Morgan fingerprint density at radius 2 is 1.95 bits per heavy atom. The smallest absolute Gasteiger partial charge is 0.277 e. The zero-order chi connectivity index (χ0) is 26.9. The highest BCUT2D eigenvalue weighted by molar-refractivity contribution is 6.13. The number of aromatic nitrogens is 7. The van der Waals surface area contributed by atoms with E-state index in [1.165, 1.54) is 18.7 Å². The molecule has 196 valence electrons. The summed E-state index contributed by atoms with van der Waals surface area (Å²) in [5.74, 6) is 0.742. The summed E-state index contributed by atoms with van der Waals surface area (Å²) < 4.78 is 9.21. The van der Waals surface area contributed by atoms with E-state index in [0.717, 1.165) is 12.8 Å². The summed E-state index contributed by atoms with van der Waals surface area (Å²) in [6.07, 6.45) is 7.42. The summed E-state index contributed by atoms with van der Waals surface area (Å²) >= 11 is 0. The third-order valence-electron chi connectivity index (χ3n) is 6.56. The van der Waals surface area contributed by atoms with E-state index in [1.54, 1.807) is 56.7 Å². The number of ether oxygens (including phenoxy) is 1. The number of fused-ring (bicyclic) bond motifs is 2. The van der Waals surface area contributed by atoms with Crippen molar-refractivity contribution < 1.29 is 14.3 Å². The summed E-state index contributed by atoms with van der Waals surface area (Å²) in [6.45, 7) is 4.65. The number of nitrogen functional groups attached to an aromatic ring is 1. The van der Waals surface area contributed by atoms with Gasteiger partial charge in [0.1, 0.15) is 30.0 Å². The quantitative estimate of drug-likeness (QED) is 0.319. The third-order valence-corrected chi connectivity index (χ3v) is 6.56. The number of carbonyl (C=O) groups excluding carboxylic acids is 2. The first-order chi connectivity index (χ1) is 19.0. The predicted octanol–water partition coefficient (Wildman–Crippen LogP) is 2.85. The second kappa shape index (κ2) is 9.85. The molecule has 5 aromatic rings. The molecule has 2 amide bonds. The van der Waals surface area contributed by atoms with Crippen LogP contribution in [0.2, 0.25) is 0 Å². The monoisotopic (exact) mass is 524 g/mol. The van der Waals surface area contributed by atoms with Gasteiger partial charge in [-0.1, -0.05) is 6.58 Å². The molecule has 1 aromatic carbocycles. The minimum Gasteiger partial charge on any atom is -0.457 e. The van der Waals surface area contributed by atoms with E-state index in [1.807, 2.05) is 0 Å². The van der Waals surface area contributed by atoms with Crippen LogP contribution in [0.25, 0.3) is 16.7 Å². The van der Waals surface area contributed by atoms with E-state index in [0.29, 0.717) is 47.0 Å². The highest BCUT2D eigenvalue weighted by atomic mass is 16.5. The first-order valence-corrected chi connectivity index (χ1v) is 12.3. The number of hydrogen-bond donors (Lipinski definition) is 2. The van der Waals surface area contributed by atoms with Crippen LogP contribution in [0.3, 0.4) is 0 Å². The fourth-order valence-corrected chi connectivity index (χ4v) is 4.69. The van der Waals surface area contributed by atoms with Crippen molar-refractivity contribution >= 4 is 40.0 Å². The zero-order valence-electron chi connectivity index (χ0n) is 20.8. The fourth-order valence-electron chi connectivity index (χ4n) is 4.69. The average Bonchev–Trinajstić information content (AvgIpc) is 3.59. The molecule has 6 rings (SSSR count). The van der Waals surface area contributed by atoms with E-state index >= 15 is 0 Å². The van der Waals surface area contributed by atoms with Crippen LogP contribution < -0.4 is 15.8 Å². The van der Waals surface area contributed by atoms with Crippen LogP contribution in [0.15, 0.2) is 67.9 Å². The summed E-state index contributed by atoms with van der Waals surface area (Å²) in [5, 5.41) is 11.9. The van der Waals surface area contributed by atoms with Gasteiger partial charge in [-0.05, 0) is 49.2 Å². The maximum atomic E-state index is 13.3. The number of rotatable bonds is 6. The van der Waals surface area contributed by atoms with Gasteiger partial charge in [0, 0.05) is 31.0 Å². The number of amides is 2. The topological polar surface area (TPSA) is 158 Å². The lowest BCUT2D eigenvalue weighted by molar-refractivity contribution is -0.127. The summed E-state index contributed by atoms with van der Waals surface area (Å²) in [7, 11) is 0. The van der Waals surface area contributed by atoms with Gasteiger partial charge < -0.3 is 20.7 Å². The average molecular weight is 525 g/mol. The maximum absolute atomic E-state index is 13.3. The second-order valence-electron chi connectivity index (χ2n) is 9.04. The van der Waals surface area contributed by atoms with Crippen molar-refractivity contribution in [2.75, 3.05) is 24.1 Å². The van der Waals surface area contributed by atoms with Crippen LogP contribution in [-0.2, 0) is 4.79 Å². The Hall–Kier alpha value is -5.33. The lowest BCUT2D eigenvalue weighted by Gasteiger charge is -2.32. The molecule has 13 nitrogen and oxygen atoms in total. The van der Waals surface area contributed by atoms with E-state index in [9.17, 15) is 9.59 Å². The Bertz CT molecular complexity index is 1710. The molecule has 1 unspecified atom stereocenters. The maximum Gasteiger partial charge on any atom is 0.277 e. The number of nitrogens with one attached hydrogen (secondary N) is 1. The molecule has 0 spiro atoms. The number of carbonyl (C=O) groups is 2. The summed E-state index contributed by atoms with van der Waals surface area (Å²) in [4.78, 5) is 39.8. The first kappa shape index (κ1) is 24.0. The van der Waals surface area contributed by atoms with Gasteiger partial charge in [-0.25, -0.2) is 24.1 Å². The van der Waals surface area contributed by atoms with Gasteiger partial charge in [-0.2, -0.15) is 10.2 Å². The molecule has 3 N–H and O–H groups in total. The van der Waals surface area contributed by atoms with E-state index in [2.05, 4.69) is 37.0 Å². The van der Waals surface area contributed by atoms with Crippen molar-refractivity contribution in [2.24, 2.45) is 0 Å². The minimum absolute atomic E-state index is 0.109. The van der Waals surface area contributed by atoms with Crippen molar-refractivity contribution in [3.05, 3.63) is 73.6 Å². The highest BCUT2D eigenvalue weighted by Gasteiger charge is 2.29. The lowest BCUT2D eigenvalue weighted by atomic mass is 10.1. The van der Waals surface area contributed by atoms with Crippen LogP contribution in [0, 0.1) is 0 Å². The molecule has 13 heteroatoms. The number of piperidine rings is 1. The molecule has 1 fully saturated rings. The molecule has 1 aliphatic rings. The molecule has 39 heavy (non-hydrogen) atoms. The number of pyridine rings is 1. The number of likely N-dealkylation sites (tertiary alicyclic amines) is 1. The third kappa shape index (κ3) is 4.61. The second-order valence-corrected chi connectivity index (χ2v) is 9.04.